The number of likely N-dealkylation sites (tertiary alicyclic amines) is 1. The summed E-state index contributed by atoms with van der Waals surface area (Å²) in [6, 6.07) is 15.3. The molecular formula is C22H33Cl3N4O. The standard InChI is InChI=1S/C22H30N4O.3ClH/c1-22(2,3)15-26-13-12-18(14-26)24-17-10-8-16(9-11-17)21(27)25-20-7-5-4-6-19(20)23;;;/h4-11,18,24H,12-15,23H2,1-3H3,(H,25,27);3*1H. The summed E-state index contributed by atoms with van der Waals surface area (Å²) in [5.41, 5.74) is 9.07. The SMILES string of the molecule is CC(C)(C)CN1CCC(Nc2ccc(C(=O)Nc3ccccc3N)cc2)C1.Cl.Cl.Cl. The summed E-state index contributed by atoms with van der Waals surface area (Å²) in [5, 5.41) is 6.44. The molecule has 8 heteroatoms. The number of carbonyl (C=O) groups is 1. The number of nitrogens with one attached hydrogen (secondary N) is 2. The Kier molecular flexibility index (Phi) is 11.6. The van der Waals surface area contributed by atoms with Gasteiger partial charge in [-0.25, -0.2) is 0 Å². The Balaban J connectivity index is 0.00000280. The molecule has 1 fully saturated rings. The van der Waals surface area contributed by atoms with Crippen molar-refractivity contribution in [2.75, 3.05) is 36.0 Å². The maximum atomic E-state index is 12.4. The lowest BCUT2D eigenvalue weighted by Crippen LogP contribution is -2.32. The predicted molar refractivity (Wildman–Crippen MR) is 135 cm³/mol. The largest absolute Gasteiger partial charge is 0.397 e. The number of para-hydroxylation sites is 2. The van der Waals surface area contributed by atoms with Crippen molar-refractivity contribution in [3.8, 4) is 0 Å². The number of anilines is 3. The van der Waals surface area contributed by atoms with E-state index in [1.165, 1.54) is 0 Å². The van der Waals surface area contributed by atoms with Gasteiger partial charge in [-0.15, -0.1) is 37.2 Å². The van der Waals surface area contributed by atoms with Gasteiger partial charge in [0.2, 0.25) is 0 Å². The lowest BCUT2D eigenvalue weighted by molar-refractivity contribution is 0.102. The number of rotatable bonds is 5. The fourth-order valence-electron chi connectivity index (χ4n) is 3.52. The number of nitrogens with zero attached hydrogens (tertiary/aromatic N) is 1. The molecule has 1 aliphatic heterocycles. The second-order valence-corrected chi connectivity index (χ2v) is 8.54. The van der Waals surface area contributed by atoms with Gasteiger partial charge in [0.1, 0.15) is 0 Å². The van der Waals surface area contributed by atoms with E-state index >= 15 is 0 Å². The van der Waals surface area contributed by atoms with Crippen LogP contribution in [0.15, 0.2) is 48.5 Å². The molecule has 0 aromatic heterocycles. The number of hydrogen-bond acceptors (Lipinski definition) is 4. The average molecular weight is 476 g/mol. The third-order valence-electron chi connectivity index (χ3n) is 4.70. The molecule has 3 rings (SSSR count). The molecule has 168 valence electrons. The summed E-state index contributed by atoms with van der Waals surface area (Å²) in [5.74, 6) is -0.156. The van der Waals surface area contributed by atoms with Gasteiger partial charge in [0.15, 0.2) is 0 Å². The number of amides is 1. The highest BCUT2D eigenvalue weighted by molar-refractivity contribution is 6.05. The van der Waals surface area contributed by atoms with Gasteiger partial charge >= 0.3 is 0 Å². The van der Waals surface area contributed by atoms with Crippen molar-refractivity contribution in [3.63, 3.8) is 0 Å². The number of hydrogen-bond donors (Lipinski definition) is 3. The Morgan fingerprint density at radius 2 is 1.70 bits per heavy atom. The molecule has 1 aliphatic rings. The van der Waals surface area contributed by atoms with Crippen molar-refractivity contribution >= 4 is 60.2 Å². The van der Waals surface area contributed by atoms with Crippen molar-refractivity contribution in [3.05, 3.63) is 54.1 Å². The van der Waals surface area contributed by atoms with Crippen LogP contribution in [-0.2, 0) is 0 Å². The molecule has 0 aliphatic carbocycles. The summed E-state index contributed by atoms with van der Waals surface area (Å²) in [6.45, 7) is 10.1. The highest BCUT2D eigenvalue weighted by Crippen LogP contribution is 2.22. The molecule has 0 spiro atoms. The second-order valence-electron chi connectivity index (χ2n) is 8.54. The summed E-state index contributed by atoms with van der Waals surface area (Å²) < 4.78 is 0. The first kappa shape index (κ1) is 28.3. The van der Waals surface area contributed by atoms with E-state index in [0.29, 0.717) is 28.4 Å². The summed E-state index contributed by atoms with van der Waals surface area (Å²) in [6.07, 6.45) is 1.14. The van der Waals surface area contributed by atoms with Gasteiger partial charge in [-0.2, -0.15) is 0 Å². The zero-order valence-corrected chi connectivity index (χ0v) is 20.1. The van der Waals surface area contributed by atoms with E-state index < -0.39 is 0 Å². The Morgan fingerprint density at radius 3 is 2.30 bits per heavy atom. The third-order valence-corrected chi connectivity index (χ3v) is 4.70. The molecule has 1 heterocycles. The van der Waals surface area contributed by atoms with E-state index in [1.54, 1.807) is 12.1 Å². The normalized spacial score (nSPS) is 15.9. The number of nitrogen functional groups attached to an aromatic ring is 1. The van der Waals surface area contributed by atoms with E-state index in [0.717, 1.165) is 31.7 Å². The van der Waals surface area contributed by atoms with Crippen LogP contribution in [0.2, 0.25) is 0 Å². The minimum atomic E-state index is -0.156. The van der Waals surface area contributed by atoms with Crippen LogP contribution in [0.3, 0.4) is 0 Å². The Hall–Kier alpha value is -1.66. The third kappa shape index (κ3) is 8.23. The van der Waals surface area contributed by atoms with Crippen LogP contribution >= 0.6 is 37.2 Å². The Bertz CT molecular complexity index is 794. The quantitative estimate of drug-likeness (QED) is 0.512. The maximum absolute atomic E-state index is 12.4. The molecule has 30 heavy (non-hydrogen) atoms. The van der Waals surface area contributed by atoms with Crippen LogP contribution < -0.4 is 16.4 Å². The van der Waals surface area contributed by atoms with Crippen molar-refractivity contribution in [2.24, 2.45) is 5.41 Å². The van der Waals surface area contributed by atoms with E-state index in [-0.39, 0.29) is 43.1 Å². The lowest BCUT2D eigenvalue weighted by atomic mass is 9.96. The zero-order chi connectivity index (χ0) is 19.4. The zero-order valence-electron chi connectivity index (χ0n) is 17.7. The van der Waals surface area contributed by atoms with Gasteiger partial charge in [0, 0.05) is 36.9 Å². The van der Waals surface area contributed by atoms with E-state index in [2.05, 4.69) is 36.3 Å². The van der Waals surface area contributed by atoms with Gasteiger partial charge in [-0.3, -0.25) is 4.79 Å². The first-order valence-corrected chi connectivity index (χ1v) is 9.55. The summed E-state index contributed by atoms with van der Waals surface area (Å²) >= 11 is 0. The fraction of sp³-hybridized carbons (Fsp3) is 0.409. The van der Waals surface area contributed by atoms with Gasteiger partial charge in [-0.05, 0) is 48.2 Å². The minimum absolute atomic E-state index is 0. The van der Waals surface area contributed by atoms with Crippen LogP contribution in [0.1, 0.15) is 37.6 Å². The van der Waals surface area contributed by atoms with Crippen LogP contribution in [0.25, 0.3) is 0 Å². The molecule has 2 aromatic carbocycles. The smallest absolute Gasteiger partial charge is 0.255 e. The average Bonchev–Trinajstić information content (AvgIpc) is 3.02. The van der Waals surface area contributed by atoms with Crippen molar-refractivity contribution in [2.45, 2.75) is 33.2 Å². The number of benzene rings is 2. The molecule has 0 radical (unpaired) electrons. The van der Waals surface area contributed by atoms with Gasteiger partial charge in [-0.1, -0.05) is 32.9 Å². The van der Waals surface area contributed by atoms with Gasteiger partial charge < -0.3 is 21.3 Å². The molecule has 4 N–H and O–H groups in total. The molecule has 1 atom stereocenters. The first-order valence-electron chi connectivity index (χ1n) is 9.55. The van der Waals surface area contributed by atoms with Crippen molar-refractivity contribution in [1.29, 1.82) is 0 Å². The van der Waals surface area contributed by atoms with E-state index in [9.17, 15) is 4.79 Å². The number of halogens is 3. The molecule has 0 bridgehead atoms. The molecule has 5 nitrogen and oxygen atoms in total. The molecule has 2 aromatic rings. The topological polar surface area (TPSA) is 70.4 Å². The number of carbonyl (C=O) groups excluding carboxylic acids is 1. The molecular weight excluding hydrogens is 443 g/mol. The van der Waals surface area contributed by atoms with E-state index in [4.69, 9.17) is 5.73 Å². The monoisotopic (exact) mass is 474 g/mol. The van der Waals surface area contributed by atoms with E-state index in [1.807, 2.05) is 36.4 Å². The fourth-order valence-corrected chi connectivity index (χ4v) is 3.52. The molecule has 1 amide bonds. The first-order chi connectivity index (χ1) is 12.8. The predicted octanol–water partition coefficient (Wildman–Crippen LogP) is 5.32. The molecule has 1 unspecified atom stereocenters. The highest BCUT2D eigenvalue weighted by Gasteiger charge is 2.25. The Morgan fingerprint density at radius 1 is 1.07 bits per heavy atom. The number of nitrogens with two attached hydrogens (primary N) is 1. The van der Waals surface area contributed by atoms with Gasteiger partial charge in [0.05, 0.1) is 11.4 Å². The van der Waals surface area contributed by atoms with Crippen LogP contribution in [0.5, 0.6) is 0 Å². The summed E-state index contributed by atoms with van der Waals surface area (Å²) in [4.78, 5) is 14.9. The van der Waals surface area contributed by atoms with Crippen LogP contribution in [0, 0.1) is 5.41 Å². The second kappa shape index (κ2) is 12.3. The maximum Gasteiger partial charge on any atom is 0.255 e. The van der Waals surface area contributed by atoms with Crippen LogP contribution in [-0.4, -0.2) is 36.5 Å². The summed E-state index contributed by atoms with van der Waals surface area (Å²) in [7, 11) is 0. The minimum Gasteiger partial charge on any atom is -0.397 e. The Labute approximate surface area is 198 Å². The molecule has 1 saturated heterocycles. The lowest BCUT2D eigenvalue weighted by Gasteiger charge is -2.26. The van der Waals surface area contributed by atoms with Crippen molar-refractivity contribution in [1.82, 2.24) is 4.90 Å². The highest BCUT2D eigenvalue weighted by atomic mass is 35.5. The van der Waals surface area contributed by atoms with Gasteiger partial charge in [0.25, 0.3) is 5.91 Å². The van der Waals surface area contributed by atoms with Crippen molar-refractivity contribution < 1.29 is 4.79 Å². The van der Waals surface area contributed by atoms with Crippen LogP contribution in [0.4, 0.5) is 17.1 Å². The molecule has 0 saturated carbocycles.